The van der Waals surface area contributed by atoms with E-state index in [4.69, 9.17) is 9.73 Å². The van der Waals surface area contributed by atoms with E-state index in [0.717, 1.165) is 22.2 Å². The molecule has 1 aromatic carbocycles. The fourth-order valence-corrected chi connectivity index (χ4v) is 5.31. The molecule has 0 bridgehead atoms. The Hall–Kier alpha value is -1.05. The third-order valence-electron chi connectivity index (χ3n) is 4.71. The number of fused-ring (bicyclic) bond motifs is 1. The second kappa shape index (κ2) is 6.93. The summed E-state index contributed by atoms with van der Waals surface area (Å²) in [6.07, 6.45) is -0.205. The van der Waals surface area contributed by atoms with Crippen molar-refractivity contribution >= 4 is 39.0 Å². The van der Waals surface area contributed by atoms with E-state index < -0.39 is 17.2 Å². The topological polar surface area (TPSA) is 62.1 Å². The van der Waals surface area contributed by atoms with Crippen LogP contribution in [0.2, 0.25) is 0 Å². The number of carbonyl (C=O) groups is 1. The molecule has 3 rings (SSSR count). The number of amidine groups is 1. The summed E-state index contributed by atoms with van der Waals surface area (Å²) in [6, 6.07) is 8.19. The second-order valence-electron chi connectivity index (χ2n) is 7.45. The van der Waals surface area contributed by atoms with Crippen molar-refractivity contribution in [3.63, 3.8) is 0 Å². The van der Waals surface area contributed by atoms with Gasteiger partial charge >= 0.3 is 6.09 Å². The quantitative estimate of drug-likeness (QED) is 0.714. The fourth-order valence-electron chi connectivity index (χ4n) is 3.48. The molecule has 1 aromatic rings. The molecule has 2 unspecified atom stereocenters. The van der Waals surface area contributed by atoms with Gasteiger partial charge in [0.25, 0.3) is 0 Å². The molecule has 2 heterocycles. The Morgan fingerprint density at radius 2 is 2.24 bits per heavy atom. The van der Waals surface area contributed by atoms with E-state index in [1.165, 1.54) is 16.7 Å². The molecule has 2 aliphatic heterocycles. The largest absolute Gasteiger partial charge is 0.465 e. The van der Waals surface area contributed by atoms with Crippen LogP contribution in [-0.4, -0.2) is 45.8 Å². The van der Waals surface area contributed by atoms with Crippen molar-refractivity contribution in [1.29, 1.82) is 0 Å². The number of nitrogens with zero attached hydrogens (tertiary/aromatic N) is 2. The van der Waals surface area contributed by atoms with Gasteiger partial charge in [0, 0.05) is 34.7 Å². The number of hydrogen-bond acceptors (Lipinski definition) is 4. The Morgan fingerprint density at radius 1 is 1.48 bits per heavy atom. The Bertz CT molecular complexity index is 704. The summed E-state index contributed by atoms with van der Waals surface area (Å²) < 4.78 is 6.71. The zero-order chi connectivity index (χ0) is 18.2. The van der Waals surface area contributed by atoms with Crippen LogP contribution in [-0.2, 0) is 10.3 Å². The third kappa shape index (κ3) is 3.59. The van der Waals surface area contributed by atoms with Crippen LogP contribution in [0.5, 0.6) is 0 Å². The highest BCUT2D eigenvalue weighted by atomic mass is 79.9. The molecule has 25 heavy (non-hydrogen) atoms. The summed E-state index contributed by atoms with van der Waals surface area (Å²) in [7, 11) is 0. The van der Waals surface area contributed by atoms with E-state index in [0.29, 0.717) is 18.4 Å². The van der Waals surface area contributed by atoms with Crippen LogP contribution in [0.15, 0.2) is 33.7 Å². The number of rotatable bonds is 1. The molecule has 1 N–H and O–H groups in total. The number of aliphatic imine (C=N–C) groups is 1. The van der Waals surface area contributed by atoms with Crippen LogP contribution in [0.25, 0.3) is 0 Å². The minimum absolute atomic E-state index is 0.236. The standard InChI is InChI=1S/C18H23BrN2O3S/c1-17(2,3)21(16(22)23)15-20-18(12-5-4-6-14(19)9-12)7-8-24-10-13(18)11-25-15/h4-6,9,13H,7-8,10-11H2,1-3H3,(H,22,23). The highest BCUT2D eigenvalue weighted by Gasteiger charge is 2.47. The Morgan fingerprint density at radius 3 is 2.88 bits per heavy atom. The Labute approximate surface area is 161 Å². The molecule has 0 spiro atoms. The van der Waals surface area contributed by atoms with Crippen molar-refractivity contribution in [2.45, 2.75) is 38.3 Å². The van der Waals surface area contributed by atoms with Gasteiger partial charge < -0.3 is 9.84 Å². The molecule has 2 atom stereocenters. The lowest BCUT2D eigenvalue weighted by atomic mass is 9.76. The summed E-state index contributed by atoms with van der Waals surface area (Å²) in [6.45, 7) is 6.97. The molecular weight excluding hydrogens is 404 g/mol. The second-order valence-corrected chi connectivity index (χ2v) is 9.35. The summed E-state index contributed by atoms with van der Waals surface area (Å²) in [5.74, 6) is 1.03. The van der Waals surface area contributed by atoms with Gasteiger partial charge in [-0.1, -0.05) is 39.8 Å². The highest BCUT2D eigenvalue weighted by molar-refractivity contribution is 9.10. The molecule has 2 aliphatic rings. The first-order valence-electron chi connectivity index (χ1n) is 8.33. The van der Waals surface area contributed by atoms with Gasteiger partial charge in [-0.15, -0.1) is 0 Å². The van der Waals surface area contributed by atoms with Crippen LogP contribution in [0.1, 0.15) is 32.8 Å². The fraction of sp³-hybridized carbons (Fsp3) is 0.556. The number of ether oxygens (including phenoxy) is 1. The molecule has 1 saturated heterocycles. The monoisotopic (exact) mass is 426 g/mol. The number of halogens is 1. The van der Waals surface area contributed by atoms with Gasteiger partial charge in [-0.2, -0.15) is 0 Å². The summed E-state index contributed by atoms with van der Waals surface area (Å²) in [5, 5.41) is 10.3. The van der Waals surface area contributed by atoms with Crippen molar-refractivity contribution in [3.8, 4) is 0 Å². The molecule has 1 amide bonds. The van der Waals surface area contributed by atoms with E-state index in [1.54, 1.807) is 0 Å². The molecule has 136 valence electrons. The maximum absolute atomic E-state index is 11.9. The van der Waals surface area contributed by atoms with Crippen molar-refractivity contribution in [3.05, 3.63) is 34.3 Å². The number of carboxylic acid groups (broad SMARTS) is 1. The maximum Gasteiger partial charge on any atom is 0.413 e. The first kappa shape index (κ1) is 18.7. The molecule has 0 saturated carbocycles. The van der Waals surface area contributed by atoms with Crippen LogP contribution >= 0.6 is 27.7 Å². The van der Waals surface area contributed by atoms with Crippen molar-refractivity contribution in [2.75, 3.05) is 19.0 Å². The van der Waals surface area contributed by atoms with Crippen molar-refractivity contribution in [1.82, 2.24) is 4.90 Å². The van der Waals surface area contributed by atoms with E-state index in [9.17, 15) is 9.90 Å². The summed E-state index contributed by atoms with van der Waals surface area (Å²) in [4.78, 5) is 18.4. The van der Waals surface area contributed by atoms with Crippen molar-refractivity contribution < 1.29 is 14.6 Å². The Kier molecular flexibility index (Phi) is 5.19. The predicted octanol–water partition coefficient (Wildman–Crippen LogP) is 4.56. The number of amides is 1. The lowest BCUT2D eigenvalue weighted by Gasteiger charge is -2.46. The molecule has 1 fully saturated rings. The smallest absolute Gasteiger partial charge is 0.413 e. The SMILES string of the molecule is CC(C)(C)N(C(=O)O)C1=NC2(c3cccc(Br)c3)CCOCC2CS1. The van der Waals surface area contributed by atoms with Gasteiger partial charge in [0.15, 0.2) is 5.17 Å². The van der Waals surface area contributed by atoms with E-state index in [-0.39, 0.29) is 5.92 Å². The minimum Gasteiger partial charge on any atom is -0.465 e. The zero-order valence-electron chi connectivity index (χ0n) is 14.7. The van der Waals surface area contributed by atoms with Crippen LogP contribution < -0.4 is 0 Å². The minimum atomic E-state index is -0.964. The van der Waals surface area contributed by atoms with E-state index >= 15 is 0 Å². The average molecular weight is 427 g/mol. The normalized spacial score (nSPS) is 26.6. The highest BCUT2D eigenvalue weighted by Crippen LogP contribution is 2.47. The third-order valence-corrected chi connectivity index (χ3v) is 6.30. The number of hydrogen-bond donors (Lipinski definition) is 1. The van der Waals surface area contributed by atoms with Crippen molar-refractivity contribution in [2.24, 2.45) is 10.9 Å². The number of thioether (sulfide) groups is 1. The first-order chi connectivity index (χ1) is 11.7. The first-order valence-corrected chi connectivity index (χ1v) is 10.1. The van der Waals surface area contributed by atoms with Crippen LogP contribution in [0, 0.1) is 5.92 Å². The molecule has 0 aromatic heterocycles. The Balaban J connectivity index is 2.12. The molecule has 0 radical (unpaired) electrons. The molecular formula is C18H23BrN2O3S. The van der Waals surface area contributed by atoms with Gasteiger partial charge in [-0.25, -0.2) is 9.79 Å². The summed E-state index contributed by atoms with van der Waals surface area (Å²) in [5.41, 5.74) is 0.141. The lowest BCUT2D eigenvalue weighted by molar-refractivity contribution is 0.00930. The molecule has 7 heteroatoms. The van der Waals surface area contributed by atoms with Gasteiger partial charge in [-0.3, -0.25) is 4.90 Å². The van der Waals surface area contributed by atoms with Crippen LogP contribution in [0.4, 0.5) is 4.79 Å². The zero-order valence-corrected chi connectivity index (χ0v) is 17.1. The van der Waals surface area contributed by atoms with Gasteiger partial charge in [0.1, 0.15) is 0 Å². The predicted molar refractivity (Wildman–Crippen MR) is 104 cm³/mol. The lowest BCUT2D eigenvalue weighted by Crippen LogP contribution is -2.53. The number of benzene rings is 1. The van der Waals surface area contributed by atoms with E-state index in [1.807, 2.05) is 32.9 Å². The van der Waals surface area contributed by atoms with Gasteiger partial charge in [0.05, 0.1) is 12.1 Å². The average Bonchev–Trinajstić information content (AvgIpc) is 2.53. The summed E-state index contributed by atoms with van der Waals surface area (Å²) >= 11 is 5.06. The van der Waals surface area contributed by atoms with Gasteiger partial charge in [-0.05, 0) is 38.5 Å². The molecule has 5 nitrogen and oxygen atoms in total. The van der Waals surface area contributed by atoms with E-state index in [2.05, 4.69) is 28.1 Å². The molecule has 0 aliphatic carbocycles. The maximum atomic E-state index is 11.9. The van der Waals surface area contributed by atoms with Gasteiger partial charge in [0.2, 0.25) is 0 Å². The van der Waals surface area contributed by atoms with Crippen LogP contribution in [0.3, 0.4) is 0 Å².